The third-order valence-corrected chi connectivity index (χ3v) is 18.2. The van der Waals surface area contributed by atoms with Crippen LogP contribution in [0.4, 0.5) is 0 Å². The number of cyclic esters (lactones) is 1. The molecule has 398 valence electrons. The maximum absolute atomic E-state index is 15.8. The summed E-state index contributed by atoms with van der Waals surface area (Å²) in [6.45, 7) is 7.48. The number of epoxide rings is 1. The summed E-state index contributed by atoms with van der Waals surface area (Å²) in [5.41, 5.74) is 7.54. The lowest BCUT2D eigenvalue weighted by molar-refractivity contribution is -0.150. The first-order valence-electron chi connectivity index (χ1n) is 28.2. The van der Waals surface area contributed by atoms with E-state index in [0.717, 1.165) is 105 Å². The van der Waals surface area contributed by atoms with Crippen LogP contribution in [0.1, 0.15) is 143 Å². The average molecular weight is 1010 g/mol. The van der Waals surface area contributed by atoms with Crippen molar-refractivity contribution in [2.24, 2.45) is 39.8 Å². The van der Waals surface area contributed by atoms with Gasteiger partial charge in [0, 0.05) is 55.8 Å². The Labute approximate surface area is 439 Å². The van der Waals surface area contributed by atoms with Crippen molar-refractivity contribution in [3.63, 3.8) is 0 Å². The lowest BCUT2D eigenvalue weighted by atomic mass is 9.67. The fraction of sp³-hybridized carbons (Fsp3) is 0.600. The highest BCUT2D eigenvalue weighted by atomic mass is 16.7. The average Bonchev–Trinajstić information content (AvgIpc) is 4.17. The molecule has 0 radical (unpaired) electrons. The molecule has 14 heteroatoms. The Morgan fingerprint density at radius 2 is 1.85 bits per heavy atom. The van der Waals surface area contributed by atoms with E-state index in [1.54, 1.807) is 13.1 Å². The molecule has 5 aliphatic heterocycles. The number of carbonyl (C=O) groups excluding carboxylic acids is 3. The highest BCUT2D eigenvalue weighted by Gasteiger charge is 2.85. The molecule has 0 aromatic heterocycles. The van der Waals surface area contributed by atoms with Gasteiger partial charge in [-0.2, -0.15) is 0 Å². The molecule has 1 aromatic rings. The fourth-order valence-corrected chi connectivity index (χ4v) is 14.1. The van der Waals surface area contributed by atoms with Crippen LogP contribution in [0.2, 0.25) is 0 Å². The van der Waals surface area contributed by atoms with Gasteiger partial charge in [-0.15, -0.1) is 0 Å². The van der Waals surface area contributed by atoms with E-state index in [1.807, 2.05) is 37.5 Å². The smallest absolute Gasteiger partial charge is 0.350 e. The second-order valence-electron chi connectivity index (χ2n) is 23.5. The molecule has 14 nitrogen and oxygen atoms in total. The van der Waals surface area contributed by atoms with Gasteiger partial charge in [0.05, 0.1) is 25.0 Å². The van der Waals surface area contributed by atoms with E-state index >= 15 is 14.4 Å². The Kier molecular flexibility index (Phi) is 15.6. The summed E-state index contributed by atoms with van der Waals surface area (Å²) in [5.74, 6) is 1.56. The van der Waals surface area contributed by atoms with Gasteiger partial charge in [-0.25, -0.2) is 4.79 Å². The molecule has 3 fully saturated rings. The maximum atomic E-state index is 15.8. The number of ether oxygens (including phenoxy) is 2. The van der Waals surface area contributed by atoms with Gasteiger partial charge in [-0.05, 0) is 149 Å². The molecule has 4 aliphatic carbocycles. The number of Topliss-reactive ketones (excluding diaryl/α,β-unsaturated/α-hetero) is 2. The SMILES string of the molecule is CN=C1NCCCC(CC(C)=CCC23OC24C(=O)OCC2CC5C(=CC2NCC2CCCCC2)C=CCC5CCCCC(C)(CC2=CNC(N)C=C2)Cc2cccc(c2C4=O)C3=O)(C2=CCNC(NCNC)=C2)N1. The zero-order chi connectivity index (χ0) is 51.5. The molecule has 1 aromatic carbocycles. The van der Waals surface area contributed by atoms with Crippen LogP contribution in [0.5, 0.6) is 0 Å². The molecule has 74 heavy (non-hydrogen) atoms. The number of dihydropyridines is 2. The van der Waals surface area contributed by atoms with Crippen molar-refractivity contribution in [2.45, 2.75) is 152 Å². The minimum atomic E-state index is -2.11. The Bertz CT molecular complexity index is 2570. The zero-order valence-electron chi connectivity index (χ0n) is 44.5. The predicted octanol–water partition coefficient (Wildman–Crippen LogP) is 7.20. The zero-order valence-corrected chi connectivity index (χ0v) is 44.5. The molecule has 2 saturated heterocycles. The van der Waals surface area contributed by atoms with Crippen molar-refractivity contribution in [1.82, 2.24) is 37.2 Å². The molecule has 9 N–H and O–H groups in total. The van der Waals surface area contributed by atoms with Gasteiger partial charge in [0.1, 0.15) is 5.82 Å². The molecule has 9 atom stereocenters. The summed E-state index contributed by atoms with van der Waals surface area (Å²) in [5, 5.41) is 24.5. The van der Waals surface area contributed by atoms with Gasteiger partial charge in [0.25, 0.3) is 5.60 Å². The number of benzene rings is 1. The van der Waals surface area contributed by atoms with Crippen LogP contribution in [0, 0.1) is 29.1 Å². The second kappa shape index (κ2) is 22.1. The van der Waals surface area contributed by atoms with Crippen LogP contribution in [-0.2, 0) is 20.7 Å². The van der Waals surface area contributed by atoms with Gasteiger partial charge in [0.15, 0.2) is 17.3 Å². The molecular formula is C60H83N9O5. The monoisotopic (exact) mass is 1010 g/mol. The van der Waals surface area contributed by atoms with Crippen LogP contribution in [-0.4, -0.2) is 99.4 Å². The van der Waals surface area contributed by atoms with Crippen molar-refractivity contribution in [3.05, 3.63) is 118 Å². The molecule has 10 rings (SSSR count). The quantitative estimate of drug-likeness (QED) is 0.0326. The topological polar surface area (TPSA) is 196 Å². The second-order valence-corrected chi connectivity index (χ2v) is 23.5. The fourth-order valence-electron chi connectivity index (χ4n) is 14.1. The van der Waals surface area contributed by atoms with Gasteiger partial charge in [-0.3, -0.25) is 14.6 Å². The van der Waals surface area contributed by atoms with E-state index in [1.165, 1.54) is 37.7 Å². The van der Waals surface area contributed by atoms with E-state index in [-0.39, 0.29) is 42.4 Å². The number of aliphatic imine (C=N–C) groups is 1. The van der Waals surface area contributed by atoms with E-state index in [9.17, 15) is 0 Å². The summed E-state index contributed by atoms with van der Waals surface area (Å²) in [7, 11) is 3.69. The van der Waals surface area contributed by atoms with Crippen LogP contribution in [0.25, 0.3) is 0 Å². The molecule has 9 aliphatic rings. The number of nitrogens with two attached hydrogens (primary N) is 1. The summed E-state index contributed by atoms with van der Waals surface area (Å²) in [6.07, 6.45) is 35.5. The largest absolute Gasteiger partial charge is 0.463 e. The maximum Gasteiger partial charge on any atom is 0.350 e. The Balaban J connectivity index is 1.01. The van der Waals surface area contributed by atoms with Crippen LogP contribution in [0.15, 0.2) is 106 Å². The number of rotatable bonds is 13. The number of hydrogen-bond acceptors (Lipinski definition) is 12. The number of nitrogens with zero attached hydrogens (tertiary/aromatic N) is 1. The highest BCUT2D eigenvalue weighted by Crippen LogP contribution is 2.60. The summed E-state index contributed by atoms with van der Waals surface area (Å²) in [6, 6.07) is 5.65. The first kappa shape index (κ1) is 52.2. The van der Waals surface area contributed by atoms with Crippen molar-refractivity contribution >= 4 is 23.5 Å². The number of ketones is 2. The third-order valence-electron chi connectivity index (χ3n) is 18.2. The molecular weight excluding hydrogens is 927 g/mol. The predicted molar refractivity (Wildman–Crippen MR) is 292 cm³/mol. The molecule has 9 unspecified atom stereocenters. The number of guanidine groups is 1. The first-order chi connectivity index (χ1) is 35.9. The molecule has 0 amide bonds. The van der Waals surface area contributed by atoms with Gasteiger partial charge >= 0.3 is 5.97 Å². The number of fused-ring (bicyclic) bond motifs is 1. The molecule has 1 spiro atoms. The minimum Gasteiger partial charge on any atom is -0.463 e. The third kappa shape index (κ3) is 10.5. The number of carbonyl (C=O) groups is 3. The van der Waals surface area contributed by atoms with Crippen molar-refractivity contribution in [3.8, 4) is 0 Å². The lowest BCUT2D eigenvalue weighted by Crippen LogP contribution is -2.53. The Morgan fingerprint density at radius 1 is 1.00 bits per heavy atom. The molecule has 1 saturated carbocycles. The Hall–Kier alpha value is -5.28. The summed E-state index contributed by atoms with van der Waals surface area (Å²) >= 11 is 0. The van der Waals surface area contributed by atoms with Gasteiger partial charge in [0.2, 0.25) is 5.78 Å². The van der Waals surface area contributed by atoms with E-state index in [4.69, 9.17) is 15.2 Å². The highest BCUT2D eigenvalue weighted by molar-refractivity contribution is 6.33. The van der Waals surface area contributed by atoms with E-state index < -0.39 is 28.5 Å². The lowest BCUT2D eigenvalue weighted by Gasteiger charge is -2.41. The number of allylic oxidation sites excluding steroid dienone is 5. The minimum absolute atomic E-state index is 0.00616. The molecule has 4 bridgehead atoms. The summed E-state index contributed by atoms with van der Waals surface area (Å²) < 4.78 is 13.2. The number of nitrogens with one attached hydrogen (secondary N) is 7. The first-order valence-corrected chi connectivity index (χ1v) is 28.2. The normalized spacial score (nSPS) is 34.9. The standard InChI is InChI=1S/C60H83N9O5/c1-39(32-58(25-12-27-65-56(63-4)69-58)46-23-28-64-51(31-46)68-38-62-3)22-26-59-53(70)47-19-11-18-44-34-57(2,33-41-20-21-50(61)67-36-41)24-9-8-15-42-16-10-17-43-30-49(66-35-40-13-6-5-7-14-40)45(29-48(42)43)37-73-55(72)60(59,74-59)54(71)52(44)47/h10-11,17-23,30-31,36,40,42,45,48-50,62,64,66-68H,5-9,12-16,24-29,32-35,37-38,61H2,1-4H3,(H2,63,65,69). The van der Waals surface area contributed by atoms with Crippen LogP contribution >= 0.6 is 0 Å². The number of hydrogen-bond donors (Lipinski definition) is 8. The summed E-state index contributed by atoms with van der Waals surface area (Å²) in [4.78, 5) is 51.3. The molecule has 5 heterocycles. The van der Waals surface area contributed by atoms with E-state index in [0.29, 0.717) is 54.9 Å². The van der Waals surface area contributed by atoms with Gasteiger partial charge < -0.3 is 52.4 Å². The van der Waals surface area contributed by atoms with Gasteiger partial charge in [-0.1, -0.05) is 99.3 Å². The Morgan fingerprint density at radius 3 is 2.66 bits per heavy atom. The number of esters is 1. The van der Waals surface area contributed by atoms with Crippen molar-refractivity contribution < 1.29 is 23.9 Å². The van der Waals surface area contributed by atoms with E-state index in [2.05, 4.69) is 92.5 Å². The van der Waals surface area contributed by atoms with Crippen molar-refractivity contribution in [2.75, 3.05) is 47.0 Å². The van der Waals surface area contributed by atoms with Crippen LogP contribution in [0.3, 0.4) is 0 Å². The van der Waals surface area contributed by atoms with Crippen molar-refractivity contribution in [1.29, 1.82) is 0 Å². The van der Waals surface area contributed by atoms with Crippen LogP contribution < -0.4 is 43.0 Å².